The fourth-order valence-electron chi connectivity index (χ4n) is 0.634. The van der Waals surface area contributed by atoms with Crippen LogP contribution >= 0.6 is 35.3 Å². The topological polar surface area (TPSA) is 9.72 Å². The molecule has 0 aliphatic carbocycles. The molecule has 1 aliphatic heterocycles. The molecule has 54 valence electrons. The molecule has 0 radical (unpaired) electrons. The molecular formula is C3H6Cl3N3. The summed E-state index contributed by atoms with van der Waals surface area (Å²) in [4.78, 5) is 0. The highest BCUT2D eigenvalue weighted by Crippen LogP contribution is 2.12. The summed E-state index contributed by atoms with van der Waals surface area (Å²) in [6, 6.07) is 0. The normalized spacial score (nSPS) is 27.0. The third kappa shape index (κ3) is 2.45. The van der Waals surface area contributed by atoms with Gasteiger partial charge in [0, 0.05) is 0 Å². The first-order valence-corrected chi connectivity index (χ1v) is 3.42. The summed E-state index contributed by atoms with van der Waals surface area (Å²) >= 11 is 16.8. The van der Waals surface area contributed by atoms with Crippen LogP contribution in [0.15, 0.2) is 0 Å². The van der Waals surface area contributed by atoms with Crippen molar-refractivity contribution in [2.45, 2.75) is 0 Å². The van der Waals surface area contributed by atoms with Crippen molar-refractivity contribution in [1.82, 2.24) is 13.3 Å². The lowest BCUT2D eigenvalue weighted by Crippen LogP contribution is -2.43. The van der Waals surface area contributed by atoms with Gasteiger partial charge in [-0.1, -0.05) is 0 Å². The quantitative estimate of drug-likeness (QED) is 0.532. The first-order chi connectivity index (χ1) is 4.18. The molecule has 1 fully saturated rings. The molecule has 1 aliphatic rings. The van der Waals surface area contributed by atoms with E-state index in [1.807, 2.05) is 0 Å². The van der Waals surface area contributed by atoms with Gasteiger partial charge in [-0.25, -0.2) is 0 Å². The molecule has 0 N–H and O–H groups in total. The van der Waals surface area contributed by atoms with Crippen LogP contribution in [-0.2, 0) is 0 Å². The van der Waals surface area contributed by atoms with Crippen LogP contribution in [0, 0.1) is 0 Å². The summed E-state index contributed by atoms with van der Waals surface area (Å²) in [7, 11) is 0. The SMILES string of the molecule is ClN1CN(Cl)CN(Cl)C1. The molecule has 0 aromatic heterocycles. The predicted molar refractivity (Wildman–Crippen MR) is 37.7 cm³/mol. The van der Waals surface area contributed by atoms with E-state index in [-0.39, 0.29) is 0 Å². The van der Waals surface area contributed by atoms with Gasteiger partial charge in [-0.15, -0.1) is 0 Å². The fourth-order valence-corrected chi connectivity index (χ4v) is 1.57. The maximum absolute atomic E-state index is 5.59. The van der Waals surface area contributed by atoms with E-state index < -0.39 is 0 Å². The third-order valence-electron chi connectivity index (χ3n) is 0.921. The lowest BCUT2D eigenvalue weighted by molar-refractivity contribution is 0.137. The zero-order valence-electron chi connectivity index (χ0n) is 4.60. The Balaban J connectivity index is 2.34. The molecule has 0 aromatic carbocycles. The minimum atomic E-state index is 0.534. The highest BCUT2D eigenvalue weighted by molar-refractivity contribution is 6.17. The van der Waals surface area contributed by atoms with Gasteiger partial charge in [-0.05, 0) is 35.3 Å². The Labute approximate surface area is 69.0 Å². The molecule has 6 heteroatoms. The van der Waals surface area contributed by atoms with E-state index in [0.717, 1.165) is 0 Å². The van der Waals surface area contributed by atoms with E-state index in [0.29, 0.717) is 20.0 Å². The van der Waals surface area contributed by atoms with Crippen molar-refractivity contribution < 1.29 is 0 Å². The second-order valence-corrected chi connectivity index (χ2v) is 3.25. The molecule has 9 heavy (non-hydrogen) atoms. The van der Waals surface area contributed by atoms with Gasteiger partial charge in [0.25, 0.3) is 0 Å². The molecule has 0 spiro atoms. The lowest BCUT2D eigenvalue weighted by atomic mass is 10.8. The molecule has 1 saturated heterocycles. The molecule has 0 saturated carbocycles. The Bertz CT molecular complexity index is 75.3. The minimum absolute atomic E-state index is 0.534. The maximum Gasteiger partial charge on any atom is 0.0828 e. The van der Waals surface area contributed by atoms with Crippen LogP contribution in [0.3, 0.4) is 0 Å². The van der Waals surface area contributed by atoms with Crippen molar-refractivity contribution in [2.75, 3.05) is 20.0 Å². The van der Waals surface area contributed by atoms with Crippen molar-refractivity contribution in [1.29, 1.82) is 0 Å². The lowest BCUT2D eigenvalue weighted by Gasteiger charge is -2.30. The van der Waals surface area contributed by atoms with E-state index in [9.17, 15) is 0 Å². The zero-order chi connectivity index (χ0) is 6.85. The number of rotatable bonds is 0. The van der Waals surface area contributed by atoms with Crippen LogP contribution in [0.1, 0.15) is 0 Å². The zero-order valence-corrected chi connectivity index (χ0v) is 6.86. The Morgan fingerprint density at radius 2 is 0.889 bits per heavy atom. The molecule has 1 heterocycles. The molecule has 0 unspecified atom stereocenters. The second kappa shape index (κ2) is 3.23. The minimum Gasteiger partial charge on any atom is -0.189 e. The summed E-state index contributed by atoms with van der Waals surface area (Å²) in [5, 5.41) is 0. The second-order valence-electron chi connectivity index (χ2n) is 1.81. The smallest absolute Gasteiger partial charge is 0.0828 e. The number of hydrogen-bond acceptors (Lipinski definition) is 3. The number of nitrogens with zero attached hydrogens (tertiary/aromatic N) is 3. The fraction of sp³-hybridized carbons (Fsp3) is 1.00. The van der Waals surface area contributed by atoms with Crippen LogP contribution in [0.2, 0.25) is 0 Å². The van der Waals surface area contributed by atoms with E-state index >= 15 is 0 Å². The van der Waals surface area contributed by atoms with Gasteiger partial charge in [0.15, 0.2) is 0 Å². The Morgan fingerprint density at radius 1 is 0.667 bits per heavy atom. The van der Waals surface area contributed by atoms with Gasteiger partial charge >= 0.3 is 0 Å². The summed E-state index contributed by atoms with van der Waals surface area (Å²) in [5.74, 6) is 0. The van der Waals surface area contributed by atoms with E-state index in [2.05, 4.69) is 0 Å². The van der Waals surface area contributed by atoms with Crippen molar-refractivity contribution in [3.8, 4) is 0 Å². The van der Waals surface area contributed by atoms with Gasteiger partial charge in [-0.3, -0.25) is 0 Å². The van der Waals surface area contributed by atoms with Gasteiger partial charge in [0.2, 0.25) is 0 Å². The molecule has 0 bridgehead atoms. The average Bonchev–Trinajstić information content (AvgIpc) is 1.59. The molecule has 0 amide bonds. The first kappa shape index (κ1) is 7.85. The molecular weight excluding hydrogens is 184 g/mol. The van der Waals surface area contributed by atoms with Crippen molar-refractivity contribution in [2.24, 2.45) is 0 Å². The number of hydrogen-bond donors (Lipinski definition) is 0. The Hall–Kier alpha value is 0.750. The Kier molecular flexibility index (Phi) is 2.82. The van der Waals surface area contributed by atoms with E-state index in [4.69, 9.17) is 35.3 Å². The van der Waals surface area contributed by atoms with E-state index in [1.165, 1.54) is 13.3 Å². The monoisotopic (exact) mass is 189 g/mol. The van der Waals surface area contributed by atoms with Crippen molar-refractivity contribution >= 4 is 35.3 Å². The molecule has 1 rings (SSSR count). The summed E-state index contributed by atoms with van der Waals surface area (Å²) in [6.45, 7) is 1.60. The van der Waals surface area contributed by atoms with Crippen LogP contribution < -0.4 is 0 Å². The Morgan fingerprint density at radius 3 is 1.11 bits per heavy atom. The van der Waals surface area contributed by atoms with E-state index in [1.54, 1.807) is 0 Å². The summed E-state index contributed by atoms with van der Waals surface area (Å²) in [6.07, 6.45) is 0. The first-order valence-electron chi connectivity index (χ1n) is 2.40. The van der Waals surface area contributed by atoms with Crippen LogP contribution in [0.5, 0.6) is 0 Å². The highest BCUT2D eigenvalue weighted by Gasteiger charge is 2.18. The van der Waals surface area contributed by atoms with Gasteiger partial charge in [0.1, 0.15) is 0 Å². The van der Waals surface area contributed by atoms with Crippen LogP contribution in [0.4, 0.5) is 0 Å². The summed E-state index contributed by atoms with van der Waals surface area (Å²) < 4.78 is 4.47. The maximum atomic E-state index is 5.59. The predicted octanol–water partition coefficient (Wildman–Crippen LogP) is 1.24. The number of halogens is 3. The van der Waals surface area contributed by atoms with Crippen LogP contribution in [0.25, 0.3) is 0 Å². The largest absolute Gasteiger partial charge is 0.189 e. The molecule has 3 nitrogen and oxygen atoms in total. The highest BCUT2D eigenvalue weighted by atomic mass is 35.5. The van der Waals surface area contributed by atoms with Gasteiger partial charge in [0.05, 0.1) is 20.0 Å². The molecule has 0 aromatic rings. The van der Waals surface area contributed by atoms with Gasteiger partial charge < -0.3 is 0 Å². The standard InChI is InChI=1S/C3H6Cl3N3/c4-7-1-8(5)3-9(6)2-7/h1-3H2. The van der Waals surface area contributed by atoms with Crippen LogP contribution in [-0.4, -0.2) is 33.3 Å². The molecule has 0 atom stereocenters. The van der Waals surface area contributed by atoms with Crippen molar-refractivity contribution in [3.63, 3.8) is 0 Å². The summed E-state index contributed by atoms with van der Waals surface area (Å²) in [5.41, 5.74) is 0. The average molecular weight is 190 g/mol. The third-order valence-corrected chi connectivity index (χ3v) is 1.56. The van der Waals surface area contributed by atoms with Gasteiger partial charge in [-0.2, -0.15) is 13.3 Å². The van der Waals surface area contributed by atoms with Crippen molar-refractivity contribution in [3.05, 3.63) is 0 Å².